The maximum absolute atomic E-state index is 5.98. The number of fused-ring (bicyclic) bond motifs is 1. The summed E-state index contributed by atoms with van der Waals surface area (Å²) in [6.45, 7) is 0. The molecule has 0 saturated heterocycles. The third-order valence-electron chi connectivity index (χ3n) is 4.12. The molecule has 146 valence electrons. The van der Waals surface area contributed by atoms with E-state index in [9.17, 15) is 0 Å². The maximum Gasteiger partial charge on any atom is 0.180 e. The Labute approximate surface area is 172 Å². The smallest absolute Gasteiger partial charge is 0.180 e. The number of anilines is 5. The van der Waals surface area contributed by atoms with Crippen LogP contribution in [0.25, 0.3) is 11.0 Å². The van der Waals surface area contributed by atoms with E-state index in [0.717, 1.165) is 21.6 Å². The van der Waals surface area contributed by atoms with Crippen LogP contribution in [0, 0.1) is 0 Å². The summed E-state index contributed by atoms with van der Waals surface area (Å²) in [6.07, 6.45) is 0. The minimum atomic E-state index is 0.577. The Bertz CT molecular complexity index is 1170. The highest BCUT2D eigenvalue weighted by Gasteiger charge is 2.11. The zero-order chi connectivity index (χ0) is 20.2. The number of nitrogens with one attached hydrogen (secondary N) is 2. The van der Waals surface area contributed by atoms with E-state index in [1.165, 1.54) is 11.9 Å². The standard InChI is InChI=1S/C21H20N6OS/c1-28-16-10-14(23)9-15(12-16)24-20-21(26-19-8-3-2-7-18(19)25-20)27-29-17-6-4-5-13(22)11-17/h2-12H,22-23H2,1H3,(H,24,25)(H,26,27). The minimum Gasteiger partial charge on any atom is -0.497 e. The van der Waals surface area contributed by atoms with E-state index in [0.29, 0.717) is 28.8 Å². The van der Waals surface area contributed by atoms with Crippen LogP contribution in [0.5, 0.6) is 5.75 Å². The van der Waals surface area contributed by atoms with Crippen LogP contribution in [0.2, 0.25) is 0 Å². The molecular weight excluding hydrogens is 384 g/mol. The van der Waals surface area contributed by atoms with Crippen LogP contribution in [0.1, 0.15) is 0 Å². The molecule has 8 heteroatoms. The molecule has 4 rings (SSSR count). The van der Waals surface area contributed by atoms with E-state index in [1.54, 1.807) is 13.2 Å². The second-order valence-corrected chi connectivity index (χ2v) is 7.19. The molecule has 0 aliphatic heterocycles. The van der Waals surface area contributed by atoms with Crippen molar-refractivity contribution >= 4 is 51.7 Å². The molecule has 0 bridgehead atoms. The third-order valence-corrected chi connectivity index (χ3v) is 4.91. The molecule has 1 aromatic heterocycles. The molecule has 6 N–H and O–H groups in total. The molecule has 7 nitrogen and oxygen atoms in total. The molecule has 0 saturated carbocycles. The van der Waals surface area contributed by atoms with Crippen molar-refractivity contribution in [3.05, 3.63) is 66.7 Å². The summed E-state index contributed by atoms with van der Waals surface area (Å²) in [5.74, 6) is 1.83. The molecule has 4 aromatic rings. The molecule has 0 unspecified atom stereocenters. The van der Waals surface area contributed by atoms with Gasteiger partial charge >= 0.3 is 0 Å². The van der Waals surface area contributed by atoms with Crippen molar-refractivity contribution in [3.63, 3.8) is 0 Å². The van der Waals surface area contributed by atoms with Crippen LogP contribution in [-0.4, -0.2) is 17.1 Å². The van der Waals surface area contributed by atoms with E-state index >= 15 is 0 Å². The average Bonchev–Trinajstić information content (AvgIpc) is 2.72. The number of nitrogens with zero attached hydrogens (tertiary/aromatic N) is 2. The fourth-order valence-corrected chi connectivity index (χ4v) is 3.49. The minimum absolute atomic E-state index is 0.577. The number of aromatic nitrogens is 2. The molecule has 3 aromatic carbocycles. The number of nitrogens with two attached hydrogens (primary N) is 2. The number of nitrogen functional groups attached to an aromatic ring is 2. The molecule has 0 fully saturated rings. The first kappa shape index (κ1) is 18.7. The molecule has 0 aliphatic rings. The summed E-state index contributed by atoms with van der Waals surface area (Å²) in [7, 11) is 1.60. The van der Waals surface area contributed by atoms with Gasteiger partial charge in [-0.1, -0.05) is 18.2 Å². The predicted octanol–water partition coefficient (Wildman–Crippen LogP) is 4.67. The van der Waals surface area contributed by atoms with Gasteiger partial charge in [-0.2, -0.15) is 0 Å². The molecule has 29 heavy (non-hydrogen) atoms. The first-order chi connectivity index (χ1) is 14.1. The number of rotatable bonds is 6. The summed E-state index contributed by atoms with van der Waals surface area (Å²) < 4.78 is 8.58. The SMILES string of the molecule is COc1cc(N)cc(Nc2nc3ccccc3nc2NSc2cccc(N)c2)c1. The number of hydrogen-bond donors (Lipinski definition) is 4. The molecule has 0 aliphatic carbocycles. The Morgan fingerprint density at radius 1 is 0.828 bits per heavy atom. The van der Waals surface area contributed by atoms with Crippen LogP contribution in [-0.2, 0) is 0 Å². The lowest BCUT2D eigenvalue weighted by atomic mass is 10.2. The molecule has 1 heterocycles. The molecule has 0 amide bonds. The summed E-state index contributed by atoms with van der Waals surface area (Å²) >= 11 is 1.41. The van der Waals surface area contributed by atoms with E-state index in [1.807, 2.05) is 60.7 Å². The molecule has 0 spiro atoms. The van der Waals surface area contributed by atoms with Gasteiger partial charge in [-0.3, -0.25) is 0 Å². The van der Waals surface area contributed by atoms with Crippen LogP contribution in [0.3, 0.4) is 0 Å². The monoisotopic (exact) mass is 404 g/mol. The highest BCUT2D eigenvalue weighted by Crippen LogP contribution is 2.31. The fourth-order valence-electron chi connectivity index (χ4n) is 2.79. The zero-order valence-electron chi connectivity index (χ0n) is 15.7. The van der Waals surface area contributed by atoms with Gasteiger partial charge in [0.15, 0.2) is 11.6 Å². The van der Waals surface area contributed by atoms with Crippen molar-refractivity contribution in [2.75, 3.05) is 28.6 Å². The highest BCUT2D eigenvalue weighted by molar-refractivity contribution is 8.00. The van der Waals surface area contributed by atoms with Gasteiger partial charge in [0, 0.05) is 34.1 Å². The largest absolute Gasteiger partial charge is 0.497 e. The number of ether oxygens (including phenoxy) is 1. The third kappa shape index (κ3) is 4.44. The number of benzene rings is 3. The zero-order valence-corrected chi connectivity index (χ0v) is 16.5. The summed E-state index contributed by atoms with van der Waals surface area (Å²) in [4.78, 5) is 10.4. The Hall–Kier alpha value is -3.65. The Morgan fingerprint density at radius 3 is 2.31 bits per heavy atom. The van der Waals surface area contributed by atoms with Crippen molar-refractivity contribution in [3.8, 4) is 5.75 Å². The van der Waals surface area contributed by atoms with E-state index in [-0.39, 0.29) is 0 Å². The van der Waals surface area contributed by atoms with Crippen LogP contribution in [0.15, 0.2) is 71.6 Å². The van der Waals surface area contributed by atoms with Crippen molar-refractivity contribution in [1.29, 1.82) is 0 Å². The number of para-hydroxylation sites is 2. The van der Waals surface area contributed by atoms with E-state index < -0.39 is 0 Å². The lowest BCUT2D eigenvalue weighted by Crippen LogP contribution is -2.03. The Balaban J connectivity index is 1.69. The van der Waals surface area contributed by atoms with Crippen molar-refractivity contribution in [1.82, 2.24) is 9.97 Å². The summed E-state index contributed by atoms with van der Waals surface area (Å²) in [5.41, 5.74) is 15.5. The van der Waals surface area contributed by atoms with Gasteiger partial charge in [0.1, 0.15) is 5.75 Å². The molecule has 0 radical (unpaired) electrons. The van der Waals surface area contributed by atoms with Gasteiger partial charge in [0.25, 0.3) is 0 Å². The number of methoxy groups -OCH3 is 1. The van der Waals surface area contributed by atoms with Crippen molar-refractivity contribution in [2.24, 2.45) is 0 Å². The number of hydrogen-bond acceptors (Lipinski definition) is 8. The Morgan fingerprint density at radius 2 is 1.59 bits per heavy atom. The van der Waals surface area contributed by atoms with Gasteiger partial charge in [-0.05, 0) is 48.3 Å². The first-order valence-corrected chi connectivity index (χ1v) is 9.69. The molecule has 0 atom stereocenters. The second kappa shape index (κ2) is 8.15. The first-order valence-electron chi connectivity index (χ1n) is 8.87. The average molecular weight is 404 g/mol. The predicted molar refractivity (Wildman–Crippen MR) is 121 cm³/mol. The summed E-state index contributed by atoms with van der Waals surface area (Å²) in [6, 6.07) is 20.7. The molecular formula is C21H20N6OS. The van der Waals surface area contributed by atoms with Gasteiger partial charge in [0.2, 0.25) is 0 Å². The second-order valence-electron chi connectivity index (χ2n) is 6.31. The topological polar surface area (TPSA) is 111 Å². The van der Waals surface area contributed by atoms with Crippen molar-refractivity contribution < 1.29 is 4.74 Å². The highest BCUT2D eigenvalue weighted by atomic mass is 32.2. The van der Waals surface area contributed by atoms with Crippen LogP contribution >= 0.6 is 11.9 Å². The summed E-state index contributed by atoms with van der Waals surface area (Å²) in [5, 5.41) is 3.29. The van der Waals surface area contributed by atoms with Gasteiger partial charge in [-0.15, -0.1) is 0 Å². The normalized spacial score (nSPS) is 10.7. The maximum atomic E-state index is 5.98. The van der Waals surface area contributed by atoms with E-state index in [4.69, 9.17) is 26.2 Å². The van der Waals surface area contributed by atoms with Gasteiger partial charge < -0.3 is 26.2 Å². The lowest BCUT2D eigenvalue weighted by Gasteiger charge is -2.14. The fraction of sp³-hybridized carbons (Fsp3) is 0.0476. The van der Waals surface area contributed by atoms with E-state index in [2.05, 4.69) is 10.0 Å². The Kier molecular flexibility index (Phi) is 5.26. The van der Waals surface area contributed by atoms with Crippen molar-refractivity contribution in [2.45, 2.75) is 4.90 Å². The van der Waals surface area contributed by atoms with Crippen LogP contribution in [0.4, 0.5) is 28.7 Å². The van der Waals surface area contributed by atoms with Gasteiger partial charge in [-0.25, -0.2) is 9.97 Å². The lowest BCUT2D eigenvalue weighted by molar-refractivity contribution is 0.415. The van der Waals surface area contributed by atoms with Gasteiger partial charge in [0.05, 0.1) is 18.1 Å². The quantitative estimate of drug-likeness (QED) is 0.271. The van der Waals surface area contributed by atoms with Crippen LogP contribution < -0.4 is 26.2 Å².